The van der Waals surface area contributed by atoms with Gasteiger partial charge in [0.1, 0.15) is 5.82 Å². The van der Waals surface area contributed by atoms with Crippen molar-refractivity contribution in [3.8, 4) is 0 Å². The third kappa shape index (κ3) is 2.78. The summed E-state index contributed by atoms with van der Waals surface area (Å²) in [5.41, 5.74) is 3.55. The largest absolute Gasteiger partial charge is 0.296 e. The van der Waals surface area contributed by atoms with Crippen LogP contribution in [-0.4, -0.2) is 28.5 Å². The van der Waals surface area contributed by atoms with Crippen molar-refractivity contribution in [3.05, 3.63) is 29.8 Å². The van der Waals surface area contributed by atoms with Crippen molar-refractivity contribution in [1.82, 2.24) is 15.3 Å². The molecule has 5 heteroatoms. The number of halogens is 1. The van der Waals surface area contributed by atoms with Gasteiger partial charge in [0.05, 0.1) is 12.2 Å². The molecule has 106 valence electrons. The number of nitrogens with one attached hydrogen (secondary N) is 1. The predicted octanol–water partition coefficient (Wildman–Crippen LogP) is 1.99. The van der Waals surface area contributed by atoms with Gasteiger partial charge in [0.25, 0.3) is 0 Å². The van der Waals surface area contributed by atoms with Crippen molar-refractivity contribution in [2.24, 2.45) is 5.84 Å². The summed E-state index contributed by atoms with van der Waals surface area (Å²) in [5.74, 6) is 5.44. The third-order valence-electron chi connectivity index (χ3n) is 4.39. The highest BCUT2D eigenvalue weighted by atomic mass is 19.1. The lowest BCUT2D eigenvalue weighted by atomic mass is 9.84. The first kappa shape index (κ1) is 14.4. The Labute approximate surface area is 114 Å². The lowest BCUT2D eigenvalue weighted by molar-refractivity contribution is 0.0837. The number of rotatable bonds is 5. The molecule has 0 amide bonds. The Hall–Kier alpha value is -1.04. The van der Waals surface area contributed by atoms with Crippen molar-refractivity contribution >= 4 is 0 Å². The van der Waals surface area contributed by atoms with E-state index < -0.39 is 0 Å². The van der Waals surface area contributed by atoms with E-state index in [2.05, 4.69) is 29.2 Å². The summed E-state index contributed by atoms with van der Waals surface area (Å²) in [6, 6.07) is 1.39. The van der Waals surface area contributed by atoms with Crippen LogP contribution in [0.4, 0.5) is 4.39 Å². The smallest absolute Gasteiger partial charge is 0.141 e. The van der Waals surface area contributed by atoms with Gasteiger partial charge in [-0.15, -0.1) is 0 Å². The van der Waals surface area contributed by atoms with Crippen LogP contribution in [0.15, 0.2) is 18.5 Å². The van der Waals surface area contributed by atoms with Crippen molar-refractivity contribution < 1.29 is 4.39 Å². The standard InChI is InChI=1S/C14H23FN4/c1-3-14(2,19-6-4-5-7-19)13(18-16)11-8-12(15)10-17-9-11/h8-10,13,18H,3-7,16H2,1-2H3. The van der Waals surface area contributed by atoms with E-state index in [1.807, 2.05) is 0 Å². The van der Waals surface area contributed by atoms with Crippen molar-refractivity contribution in [1.29, 1.82) is 0 Å². The molecule has 0 radical (unpaired) electrons. The number of hydrogen-bond donors (Lipinski definition) is 2. The molecule has 2 heterocycles. The Bertz CT molecular complexity index is 420. The molecule has 4 nitrogen and oxygen atoms in total. The van der Waals surface area contributed by atoms with E-state index in [1.165, 1.54) is 25.1 Å². The summed E-state index contributed by atoms with van der Waals surface area (Å²) in [6.45, 7) is 6.49. The zero-order valence-corrected chi connectivity index (χ0v) is 11.7. The minimum Gasteiger partial charge on any atom is -0.296 e. The van der Waals surface area contributed by atoms with Gasteiger partial charge < -0.3 is 0 Å². The van der Waals surface area contributed by atoms with Gasteiger partial charge in [-0.05, 0) is 50.9 Å². The third-order valence-corrected chi connectivity index (χ3v) is 4.39. The van der Waals surface area contributed by atoms with Gasteiger partial charge in [-0.25, -0.2) is 4.39 Å². The minimum atomic E-state index is -0.322. The van der Waals surface area contributed by atoms with Gasteiger partial charge in [0.2, 0.25) is 0 Å². The lowest BCUT2D eigenvalue weighted by Crippen LogP contribution is -2.54. The molecule has 3 N–H and O–H groups in total. The molecule has 1 aromatic heterocycles. The van der Waals surface area contributed by atoms with Crippen LogP contribution in [0.25, 0.3) is 0 Å². The van der Waals surface area contributed by atoms with Gasteiger partial charge in [-0.1, -0.05) is 6.92 Å². The lowest BCUT2D eigenvalue weighted by Gasteiger charge is -2.44. The Kier molecular flexibility index (Phi) is 4.50. The van der Waals surface area contributed by atoms with E-state index in [9.17, 15) is 4.39 Å². The highest BCUT2D eigenvalue weighted by Gasteiger charge is 2.40. The van der Waals surface area contributed by atoms with Gasteiger partial charge in [-0.2, -0.15) is 0 Å². The minimum absolute atomic E-state index is 0.124. The van der Waals surface area contributed by atoms with Crippen LogP contribution in [-0.2, 0) is 0 Å². The van der Waals surface area contributed by atoms with E-state index in [-0.39, 0.29) is 17.4 Å². The van der Waals surface area contributed by atoms with Crippen molar-refractivity contribution in [2.45, 2.75) is 44.7 Å². The van der Waals surface area contributed by atoms with E-state index >= 15 is 0 Å². The van der Waals surface area contributed by atoms with Crippen LogP contribution in [0.2, 0.25) is 0 Å². The van der Waals surface area contributed by atoms with E-state index in [4.69, 9.17) is 5.84 Å². The molecule has 0 saturated carbocycles. The van der Waals surface area contributed by atoms with E-state index in [0.717, 1.165) is 25.1 Å². The summed E-state index contributed by atoms with van der Waals surface area (Å²) in [5, 5.41) is 0. The first-order chi connectivity index (χ1) is 9.11. The number of nitrogens with two attached hydrogens (primary N) is 1. The number of likely N-dealkylation sites (tertiary alicyclic amines) is 1. The van der Waals surface area contributed by atoms with Gasteiger partial charge >= 0.3 is 0 Å². The molecule has 2 rings (SSSR count). The van der Waals surface area contributed by atoms with Gasteiger partial charge in [0, 0.05) is 11.7 Å². The fourth-order valence-corrected chi connectivity index (χ4v) is 3.06. The summed E-state index contributed by atoms with van der Waals surface area (Å²) in [6.07, 6.45) is 6.29. The highest BCUT2D eigenvalue weighted by molar-refractivity contribution is 5.20. The number of pyridine rings is 1. The average Bonchev–Trinajstić information content (AvgIpc) is 2.94. The summed E-state index contributed by atoms with van der Waals surface area (Å²) in [4.78, 5) is 6.39. The van der Waals surface area contributed by atoms with Crippen LogP contribution in [0.3, 0.4) is 0 Å². The second-order valence-corrected chi connectivity index (χ2v) is 5.44. The molecule has 19 heavy (non-hydrogen) atoms. The number of aromatic nitrogens is 1. The van der Waals surface area contributed by atoms with E-state index in [0.29, 0.717) is 0 Å². The molecule has 0 spiro atoms. The number of nitrogens with zero attached hydrogens (tertiary/aromatic N) is 2. The van der Waals surface area contributed by atoms with Gasteiger partial charge in [-0.3, -0.25) is 21.2 Å². The summed E-state index contributed by atoms with van der Waals surface area (Å²) >= 11 is 0. The second kappa shape index (κ2) is 5.94. The molecule has 1 fully saturated rings. The van der Waals surface area contributed by atoms with Crippen LogP contribution in [0.1, 0.15) is 44.7 Å². The van der Waals surface area contributed by atoms with Crippen LogP contribution >= 0.6 is 0 Å². The Morgan fingerprint density at radius 3 is 2.68 bits per heavy atom. The molecule has 1 aromatic rings. The molecule has 0 bridgehead atoms. The molecule has 2 unspecified atom stereocenters. The maximum atomic E-state index is 13.4. The quantitative estimate of drug-likeness (QED) is 0.632. The van der Waals surface area contributed by atoms with Crippen LogP contribution in [0.5, 0.6) is 0 Å². The number of hydrazine groups is 1. The van der Waals surface area contributed by atoms with Crippen molar-refractivity contribution in [2.75, 3.05) is 13.1 Å². The fraction of sp³-hybridized carbons (Fsp3) is 0.643. The summed E-state index contributed by atoms with van der Waals surface area (Å²) < 4.78 is 13.4. The molecule has 0 aromatic carbocycles. The van der Waals surface area contributed by atoms with Crippen molar-refractivity contribution in [3.63, 3.8) is 0 Å². The zero-order valence-electron chi connectivity index (χ0n) is 11.7. The molecular weight excluding hydrogens is 243 g/mol. The maximum absolute atomic E-state index is 13.4. The van der Waals surface area contributed by atoms with Crippen LogP contribution < -0.4 is 11.3 Å². The average molecular weight is 266 g/mol. The highest BCUT2D eigenvalue weighted by Crippen LogP contribution is 2.35. The Balaban J connectivity index is 2.32. The first-order valence-electron chi connectivity index (χ1n) is 6.93. The number of hydrogen-bond acceptors (Lipinski definition) is 4. The molecule has 1 saturated heterocycles. The zero-order chi connectivity index (χ0) is 13.9. The first-order valence-corrected chi connectivity index (χ1v) is 6.93. The molecule has 1 aliphatic rings. The maximum Gasteiger partial charge on any atom is 0.141 e. The normalized spacial score (nSPS) is 21.3. The monoisotopic (exact) mass is 266 g/mol. The van der Waals surface area contributed by atoms with Crippen LogP contribution in [0, 0.1) is 5.82 Å². The van der Waals surface area contributed by atoms with E-state index in [1.54, 1.807) is 6.20 Å². The predicted molar refractivity (Wildman–Crippen MR) is 73.8 cm³/mol. The fourth-order valence-electron chi connectivity index (χ4n) is 3.06. The Morgan fingerprint density at radius 2 is 2.16 bits per heavy atom. The Morgan fingerprint density at radius 1 is 1.47 bits per heavy atom. The summed E-state index contributed by atoms with van der Waals surface area (Å²) in [7, 11) is 0. The molecule has 0 aliphatic carbocycles. The molecular formula is C14H23FN4. The topological polar surface area (TPSA) is 54.2 Å². The van der Waals surface area contributed by atoms with Gasteiger partial charge in [0.15, 0.2) is 0 Å². The molecule has 1 aliphatic heterocycles. The second-order valence-electron chi connectivity index (χ2n) is 5.44. The molecule has 2 atom stereocenters. The SMILES string of the molecule is CCC(C)(C(NN)c1cncc(F)c1)N1CCCC1.